The first-order valence-corrected chi connectivity index (χ1v) is 5.60. The van der Waals surface area contributed by atoms with E-state index in [1.54, 1.807) is 12.2 Å². The molecular weight excluding hydrogens is 228 g/mol. The number of carbonyl (C=O) groups is 1. The summed E-state index contributed by atoms with van der Waals surface area (Å²) in [5.74, 6) is -0.884. The number of hydrogen-bond donors (Lipinski definition) is 1. The first kappa shape index (κ1) is 12.0. The summed E-state index contributed by atoms with van der Waals surface area (Å²) in [6.45, 7) is 0. The van der Waals surface area contributed by atoms with Crippen LogP contribution in [0.3, 0.4) is 0 Å². The van der Waals surface area contributed by atoms with Gasteiger partial charge in [0.2, 0.25) is 0 Å². The summed E-state index contributed by atoms with van der Waals surface area (Å²) in [7, 11) is 0. The normalized spacial score (nSPS) is 14.0. The van der Waals surface area contributed by atoms with Gasteiger partial charge in [0.25, 0.3) is 0 Å². The zero-order valence-corrected chi connectivity index (χ0v) is 9.71. The van der Waals surface area contributed by atoms with Crippen LogP contribution in [-0.2, 0) is 11.2 Å². The monoisotopic (exact) mass is 240 g/mol. The van der Waals surface area contributed by atoms with E-state index in [4.69, 9.17) is 10.6 Å². The minimum atomic E-state index is -0.884. The van der Waals surface area contributed by atoms with E-state index in [0.29, 0.717) is 12.1 Å². The average Bonchev–Trinajstić information content (AvgIpc) is 2.37. The van der Waals surface area contributed by atoms with Crippen LogP contribution in [-0.4, -0.2) is 21.6 Å². The van der Waals surface area contributed by atoms with Crippen LogP contribution >= 0.6 is 0 Å². The summed E-state index contributed by atoms with van der Waals surface area (Å²) in [6, 6.07) is 7.84. The maximum Gasteiger partial charge on any atom is 0.307 e. The van der Waals surface area contributed by atoms with E-state index >= 15 is 0 Å². The van der Waals surface area contributed by atoms with Gasteiger partial charge in [-0.2, -0.15) is 4.79 Å². The van der Waals surface area contributed by atoms with E-state index in [0.717, 1.165) is 16.7 Å². The molecule has 90 valence electrons. The summed E-state index contributed by atoms with van der Waals surface area (Å²) in [6.07, 6.45) is 5.63. The zero-order valence-electron chi connectivity index (χ0n) is 9.71. The molecule has 18 heavy (non-hydrogen) atoms. The highest BCUT2D eigenvalue weighted by Crippen LogP contribution is 2.22. The van der Waals surface area contributed by atoms with Gasteiger partial charge in [0.05, 0.1) is 18.4 Å². The lowest BCUT2D eigenvalue weighted by atomic mass is 9.90. The summed E-state index contributed by atoms with van der Waals surface area (Å²) >= 11 is 0. The number of hydrogen-bond acceptors (Lipinski definition) is 1. The lowest BCUT2D eigenvalue weighted by molar-refractivity contribution is -0.136. The largest absolute Gasteiger partial charge is 0.481 e. The lowest BCUT2D eigenvalue weighted by Crippen LogP contribution is -2.12. The molecule has 1 aromatic carbocycles. The molecule has 0 radical (unpaired) electrons. The van der Waals surface area contributed by atoms with Crippen LogP contribution in [0.1, 0.15) is 17.5 Å². The van der Waals surface area contributed by atoms with Crippen molar-refractivity contribution in [2.45, 2.75) is 12.8 Å². The van der Waals surface area contributed by atoms with E-state index in [1.165, 1.54) is 0 Å². The Labute approximate surface area is 105 Å². The second-order valence-electron chi connectivity index (χ2n) is 4.02. The third-order valence-corrected chi connectivity index (χ3v) is 2.77. The Morgan fingerprint density at radius 3 is 2.94 bits per heavy atom. The van der Waals surface area contributed by atoms with Crippen molar-refractivity contribution in [2.24, 2.45) is 0 Å². The molecule has 0 aliphatic heterocycles. The van der Waals surface area contributed by atoms with Crippen LogP contribution in [0.5, 0.6) is 0 Å². The van der Waals surface area contributed by atoms with Gasteiger partial charge in [-0.1, -0.05) is 36.4 Å². The number of carboxylic acids is 1. The number of carboxylic acid groups (broad SMARTS) is 1. The Hall–Kier alpha value is -2.45. The Kier molecular flexibility index (Phi) is 3.51. The molecule has 0 unspecified atom stereocenters. The molecule has 0 saturated heterocycles. The standard InChI is InChI=1S/C14H12N2O2/c15-16-13-9-11-5-2-1-4-10(11)8-12(13)6-3-7-14(17)18/h1-6,8H,7,9H2,(H,17,18). The highest BCUT2D eigenvalue weighted by atomic mass is 16.4. The second-order valence-corrected chi connectivity index (χ2v) is 4.02. The molecule has 0 heterocycles. The highest BCUT2D eigenvalue weighted by Gasteiger charge is 2.20. The molecule has 1 N–H and O–H groups in total. The van der Waals surface area contributed by atoms with Gasteiger partial charge in [-0.25, -0.2) is 0 Å². The third-order valence-electron chi connectivity index (χ3n) is 2.77. The summed E-state index contributed by atoms with van der Waals surface area (Å²) in [5, 5.41) is 8.57. The van der Waals surface area contributed by atoms with Crippen molar-refractivity contribution < 1.29 is 14.7 Å². The van der Waals surface area contributed by atoms with E-state index in [9.17, 15) is 4.79 Å². The van der Waals surface area contributed by atoms with Gasteiger partial charge in [-0.3, -0.25) is 4.79 Å². The molecule has 0 bridgehead atoms. The van der Waals surface area contributed by atoms with Crippen LogP contribution < -0.4 is 0 Å². The number of nitrogens with zero attached hydrogens (tertiary/aromatic N) is 2. The van der Waals surface area contributed by atoms with Gasteiger partial charge in [-0.05, 0) is 17.2 Å². The number of rotatable bonds is 3. The topological polar surface area (TPSA) is 73.7 Å². The van der Waals surface area contributed by atoms with Gasteiger partial charge in [-0.15, -0.1) is 0 Å². The van der Waals surface area contributed by atoms with Crippen LogP contribution in [0.15, 0.2) is 42.0 Å². The number of fused-ring (bicyclic) bond motifs is 1. The van der Waals surface area contributed by atoms with Crippen molar-refractivity contribution in [1.29, 1.82) is 0 Å². The van der Waals surface area contributed by atoms with Gasteiger partial charge < -0.3 is 10.6 Å². The number of benzene rings is 1. The molecule has 1 aliphatic rings. The van der Waals surface area contributed by atoms with Crippen LogP contribution in [0, 0.1) is 0 Å². The lowest BCUT2D eigenvalue weighted by Gasteiger charge is -2.10. The van der Waals surface area contributed by atoms with Crippen molar-refractivity contribution in [1.82, 2.24) is 0 Å². The first-order chi connectivity index (χ1) is 8.70. The fourth-order valence-corrected chi connectivity index (χ4v) is 1.89. The molecule has 0 saturated carbocycles. The Bertz CT molecular complexity index is 594. The number of aliphatic carboxylic acids is 1. The van der Waals surface area contributed by atoms with Crippen molar-refractivity contribution in [3.63, 3.8) is 0 Å². The molecule has 0 aromatic heterocycles. The zero-order chi connectivity index (χ0) is 13.0. The van der Waals surface area contributed by atoms with Crippen LogP contribution in [0.4, 0.5) is 0 Å². The molecular formula is C14H12N2O2. The molecule has 1 aromatic rings. The Morgan fingerprint density at radius 1 is 1.44 bits per heavy atom. The molecule has 2 rings (SSSR count). The van der Waals surface area contributed by atoms with E-state index < -0.39 is 5.97 Å². The van der Waals surface area contributed by atoms with Crippen molar-refractivity contribution in [3.05, 3.63) is 58.6 Å². The Balaban J connectivity index is 2.33. The maximum absolute atomic E-state index is 10.4. The fraction of sp³-hybridized carbons (Fsp3) is 0.143. The van der Waals surface area contributed by atoms with Crippen LogP contribution in [0.25, 0.3) is 11.6 Å². The van der Waals surface area contributed by atoms with Crippen molar-refractivity contribution >= 4 is 17.8 Å². The number of allylic oxidation sites excluding steroid dienone is 2. The predicted molar refractivity (Wildman–Crippen MR) is 68.1 cm³/mol. The van der Waals surface area contributed by atoms with Gasteiger partial charge in [0, 0.05) is 0 Å². The van der Waals surface area contributed by atoms with Gasteiger partial charge in [0.15, 0.2) is 0 Å². The van der Waals surface area contributed by atoms with Crippen LogP contribution in [0.2, 0.25) is 0 Å². The molecule has 0 fully saturated rings. The fourth-order valence-electron chi connectivity index (χ4n) is 1.89. The maximum atomic E-state index is 10.4. The van der Waals surface area contributed by atoms with E-state index in [-0.39, 0.29) is 6.42 Å². The quantitative estimate of drug-likeness (QED) is 0.650. The van der Waals surface area contributed by atoms with Crippen molar-refractivity contribution in [3.8, 4) is 0 Å². The predicted octanol–water partition coefficient (Wildman–Crippen LogP) is 2.33. The molecule has 1 aliphatic carbocycles. The molecule has 0 amide bonds. The highest BCUT2D eigenvalue weighted by molar-refractivity contribution is 6.06. The van der Waals surface area contributed by atoms with E-state index in [2.05, 4.69) is 4.79 Å². The Morgan fingerprint density at radius 2 is 2.22 bits per heavy atom. The summed E-state index contributed by atoms with van der Waals surface area (Å²) in [4.78, 5) is 13.7. The molecule has 4 heteroatoms. The summed E-state index contributed by atoms with van der Waals surface area (Å²) in [5.41, 5.74) is 12.5. The SMILES string of the molecule is [N-]=[N+]=C1Cc2ccccc2C=C1C=CCC(=O)O. The smallest absolute Gasteiger partial charge is 0.307 e. The average molecular weight is 240 g/mol. The van der Waals surface area contributed by atoms with Gasteiger partial charge >= 0.3 is 11.7 Å². The second kappa shape index (κ2) is 5.25. The molecule has 4 nitrogen and oxygen atoms in total. The third kappa shape index (κ3) is 2.62. The minimum Gasteiger partial charge on any atom is -0.481 e. The first-order valence-electron chi connectivity index (χ1n) is 5.60. The van der Waals surface area contributed by atoms with Gasteiger partial charge in [0.1, 0.15) is 0 Å². The minimum absolute atomic E-state index is 0.0440. The molecule has 0 spiro atoms. The summed E-state index contributed by atoms with van der Waals surface area (Å²) < 4.78 is 0. The van der Waals surface area contributed by atoms with E-state index in [1.807, 2.05) is 30.3 Å². The molecule has 0 atom stereocenters. The van der Waals surface area contributed by atoms with Crippen molar-refractivity contribution in [2.75, 3.05) is 0 Å².